The second-order valence-corrected chi connectivity index (χ2v) is 3.10. The summed E-state index contributed by atoms with van der Waals surface area (Å²) in [6, 6.07) is 6.83. The van der Waals surface area contributed by atoms with E-state index in [-0.39, 0.29) is 5.82 Å². The molecule has 1 nitrogen and oxygen atoms in total. The van der Waals surface area contributed by atoms with Crippen molar-refractivity contribution in [2.75, 3.05) is 0 Å². The minimum atomic E-state index is -0.234. The van der Waals surface area contributed by atoms with E-state index in [2.05, 4.69) is 6.07 Å². The first-order valence-electron chi connectivity index (χ1n) is 4.55. The van der Waals surface area contributed by atoms with E-state index in [1.165, 1.54) is 6.07 Å². The molecule has 2 heteroatoms. The Balaban J connectivity index is 3.14. The second kappa shape index (κ2) is 4.57. The standard InChI is InChI=1S/C12H12FN/c1-3-4-11(8-14)10-5-6-12(13)9(2)7-10/h4-7H,3H2,1-2H3/b11-4-. The molecule has 14 heavy (non-hydrogen) atoms. The molecule has 0 aliphatic carbocycles. The van der Waals surface area contributed by atoms with Crippen molar-refractivity contribution in [3.8, 4) is 6.07 Å². The highest BCUT2D eigenvalue weighted by molar-refractivity contribution is 5.76. The fraction of sp³-hybridized carbons (Fsp3) is 0.250. The lowest BCUT2D eigenvalue weighted by Gasteiger charge is -2.01. The first-order valence-corrected chi connectivity index (χ1v) is 4.55. The Morgan fingerprint density at radius 2 is 2.29 bits per heavy atom. The van der Waals surface area contributed by atoms with Crippen molar-refractivity contribution < 1.29 is 4.39 Å². The van der Waals surface area contributed by atoms with Gasteiger partial charge in [-0.2, -0.15) is 5.26 Å². The summed E-state index contributed by atoms with van der Waals surface area (Å²) >= 11 is 0. The molecule has 0 saturated heterocycles. The largest absolute Gasteiger partial charge is 0.207 e. The zero-order valence-corrected chi connectivity index (χ0v) is 8.34. The van der Waals surface area contributed by atoms with E-state index in [4.69, 9.17) is 5.26 Å². The number of allylic oxidation sites excluding steroid dienone is 2. The van der Waals surface area contributed by atoms with E-state index in [0.717, 1.165) is 12.0 Å². The van der Waals surface area contributed by atoms with Crippen LogP contribution in [0.5, 0.6) is 0 Å². The molecule has 72 valence electrons. The normalized spacial score (nSPS) is 11.1. The quantitative estimate of drug-likeness (QED) is 0.653. The molecule has 0 spiro atoms. The highest BCUT2D eigenvalue weighted by atomic mass is 19.1. The van der Waals surface area contributed by atoms with Gasteiger partial charge in [0, 0.05) is 0 Å². The number of rotatable bonds is 2. The van der Waals surface area contributed by atoms with E-state index < -0.39 is 0 Å². The van der Waals surface area contributed by atoms with Crippen molar-refractivity contribution in [3.05, 3.63) is 41.2 Å². The van der Waals surface area contributed by atoms with Crippen LogP contribution in [-0.4, -0.2) is 0 Å². The van der Waals surface area contributed by atoms with Gasteiger partial charge in [-0.1, -0.05) is 19.1 Å². The van der Waals surface area contributed by atoms with Gasteiger partial charge in [0.1, 0.15) is 5.82 Å². The molecule has 0 N–H and O–H groups in total. The van der Waals surface area contributed by atoms with Crippen molar-refractivity contribution in [2.24, 2.45) is 0 Å². The van der Waals surface area contributed by atoms with E-state index in [1.54, 1.807) is 19.1 Å². The van der Waals surface area contributed by atoms with Crippen molar-refractivity contribution in [1.29, 1.82) is 5.26 Å². The summed E-state index contributed by atoms with van der Waals surface area (Å²) < 4.78 is 12.9. The lowest BCUT2D eigenvalue weighted by molar-refractivity contribution is 0.618. The minimum Gasteiger partial charge on any atom is -0.207 e. The van der Waals surface area contributed by atoms with Gasteiger partial charge >= 0.3 is 0 Å². The maximum absolute atomic E-state index is 12.9. The fourth-order valence-corrected chi connectivity index (χ4v) is 1.24. The van der Waals surface area contributed by atoms with Gasteiger partial charge in [-0.25, -0.2) is 4.39 Å². The summed E-state index contributed by atoms with van der Waals surface area (Å²) in [6.45, 7) is 3.66. The van der Waals surface area contributed by atoms with Gasteiger partial charge in [0.25, 0.3) is 0 Å². The van der Waals surface area contributed by atoms with Crippen LogP contribution in [0.4, 0.5) is 4.39 Å². The number of benzene rings is 1. The van der Waals surface area contributed by atoms with Crippen molar-refractivity contribution in [1.82, 2.24) is 0 Å². The highest BCUT2D eigenvalue weighted by Gasteiger charge is 2.02. The SMILES string of the molecule is CC/C=C(/C#N)c1ccc(F)c(C)c1. The highest BCUT2D eigenvalue weighted by Crippen LogP contribution is 2.17. The Morgan fingerprint density at radius 3 is 2.79 bits per heavy atom. The lowest BCUT2D eigenvalue weighted by Crippen LogP contribution is -1.86. The zero-order chi connectivity index (χ0) is 10.6. The Morgan fingerprint density at radius 1 is 1.57 bits per heavy atom. The molecule has 0 radical (unpaired) electrons. The van der Waals surface area contributed by atoms with Gasteiger partial charge < -0.3 is 0 Å². The smallest absolute Gasteiger partial charge is 0.126 e. The Labute approximate surface area is 83.5 Å². The first kappa shape index (κ1) is 10.5. The number of halogens is 1. The van der Waals surface area contributed by atoms with Crippen LogP contribution in [0.1, 0.15) is 24.5 Å². The predicted octanol–water partition coefficient (Wildman–Crippen LogP) is 3.45. The van der Waals surface area contributed by atoms with Crippen LogP contribution < -0.4 is 0 Å². The summed E-state index contributed by atoms with van der Waals surface area (Å²) in [5.74, 6) is -0.234. The van der Waals surface area contributed by atoms with Gasteiger partial charge in [0.2, 0.25) is 0 Å². The van der Waals surface area contributed by atoms with Gasteiger partial charge in [-0.3, -0.25) is 0 Å². The molecule has 0 aliphatic heterocycles. The summed E-state index contributed by atoms with van der Waals surface area (Å²) in [5.41, 5.74) is 1.96. The number of hydrogen-bond donors (Lipinski definition) is 0. The molecule has 0 fully saturated rings. The molecule has 1 rings (SSSR count). The molecule has 0 bridgehead atoms. The molecule has 0 aliphatic rings. The van der Waals surface area contributed by atoms with E-state index >= 15 is 0 Å². The maximum atomic E-state index is 12.9. The van der Waals surface area contributed by atoms with Crippen LogP contribution in [0.15, 0.2) is 24.3 Å². The summed E-state index contributed by atoms with van der Waals surface area (Å²) in [4.78, 5) is 0. The monoisotopic (exact) mass is 189 g/mol. The van der Waals surface area contributed by atoms with Crippen LogP contribution in [-0.2, 0) is 0 Å². The van der Waals surface area contributed by atoms with E-state index in [9.17, 15) is 4.39 Å². The van der Waals surface area contributed by atoms with E-state index in [1.807, 2.05) is 13.0 Å². The number of nitriles is 1. The maximum Gasteiger partial charge on any atom is 0.126 e. The third kappa shape index (κ3) is 2.20. The Bertz CT molecular complexity index is 399. The van der Waals surface area contributed by atoms with Gasteiger partial charge in [-0.15, -0.1) is 0 Å². The van der Waals surface area contributed by atoms with Crippen molar-refractivity contribution >= 4 is 5.57 Å². The lowest BCUT2D eigenvalue weighted by atomic mass is 10.0. The minimum absolute atomic E-state index is 0.234. The number of nitrogens with zero attached hydrogens (tertiary/aromatic N) is 1. The average molecular weight is 189 g/mol. The molecule has 0 heterocycles. The first-order chi connectivity index (χ1) is 6.69. The van der Waals surface area contributed by atoms with Crippen LogP contribution in [0.25, 0.3) is 5.57 Å². The summed E-state index contributed by atoms with van der Waals surface area (Å²) in [5, 5.41) is 8.86. The van der Waals surface area contributed by atoms with Crippen molar-refractivity contribution in [2.45, 2.75) is 20.3 Å². The van der Waals surface area contributed by atoms with Crippen LogP contribution >= 0.6 is 0 Å². The van der Waals surface area contributed by atoms with Crippen LogP contribution in [0.2, 0.25) is 0 Å². The second-order valence-electron chi connectivity index (χ2n) is 3.10. The third-order valence-electron chi connectivity index (χ3n) is 2.00. The molecule has 0 unspecified atom stereocenters. The zero-order valence-electron chi connectivity index (χ0n) is 8.34. The molecular weight excluding hydrogens is 177 g/mol. The average Bonchev–Trinajstić information content (AvgIpc) is 2.19. The number of hydrogen-bond acceptors (Lipinski definition) is 1. The Hall–Kier alpha value is -1.62. The number of aryl methyl sites for hydroxylation is 1. The molecular formula is C12H12FN. The van der Waals surface area contributed by atoms with Crippen LogP contribution in [0, 0.1) is 24.1 Å². The van der Waals surface area contributed by atoms with Gasteiger partial charge in [0.15, 0.2) is 0 Å². The fourth-order valence-electron chi connectivity index (χ4n) is 1.24. The molecule has 1 aromatic carbocycles. The van der Waals surface area contributed by atoms with Crippen molar-refractivity contribution in [3.63, 3.8) is 0 Å². The molecule has 0 aromatic heterocycles. The molecule has 1 aromatic rings. The topological polar surface area (TPSA) is 23.8 Å². The molecule has 0 atom stereocenters. The van der Waals surface area contributed by atoms with E-state index in [0.29, 0.717) is 11.1 Å². The third-order valence-corrected chi connectivity index (χ3v) is 2.00. The Kier molecular flexibility index (Phi) is 3.41. The molecule has 0 amide bonds. The van der Waals surface area contributed by atoms with Gasteiger partial charge in [-0.05, 0) is 36.6 Å². The summed E-state index contributed by atoms with van der Waals surface area (Å²) in [6.07, 6.45) is 2.64. The predicted molar refractivity (Wildman–Crippen MR) is 55.0 cm³/mol. The summed E-state index contributed by atoms with van der Waals surface area (Å²) in [7, 11) is 0. The van der Waals surface area contributed by atoms with Gasteiger partial charge in [0.05, 0.1) is 11.6 Å². The molecule has 0 saturated carbocycles. The van der Waals surface area contributed by atoms with Crippen LogP contribution in [0.3, 0.4) is 0 Å².